The summed E-state index contributed by atoms with van der Waals surface area (Å²) in [6.07, 6.45) is 0.756. The number of halogens is 2. The van der Waals surface area contributed by atoms with Gasteiger partial charge in [-0.1, -0.05) is 17.7 Å². The van der Waals surface area contributed by atoms with Gasteiger partial charge < -0.3 is 10.1 Å². The summed E-state index contributed by atoms with van der Waals surface area (Å²) in [5.41, 5.74) is 1.54. The van der Waals surface area contributed by atoms with E-state index in [1.807, 2.05) is 13.0 Å². The van der Waals surface area contributed by atoms with Crippen molar-refractivity contribution in [2.45, 2.75) is 13.3 Å². The van der Waals surface area contributed by atoms with E-state index in [2.05, 4.69) is 5.32 Å². The predicted octanol–water partition coefficient (Wildman–Crippen LogP) is 3.02. The Bertz CT molecular complexity index is 397. The Kier molecular flexibility index (Phi) is 7.09. The standard InChI is InChI=1S/C13H17Cl2NO2/c1-10-3-4-11(12(15)9-10)13(17)16-6-2-7-18-8-5-14/h3-4,9H,2,5-8H2,1H3,(H,16,17). The van der Waals surface area contributed by atoms with Gasteiger partial charge in [0.2, 0.25) is 0 Å². The summed E-state index contributed by atoms with van der Waals surface area (Å²) in [6, 6.07) is 5.38. The van der Waals surface area contributed by atoms with Crippen molar-refractivity contribution in [1.82, 2.24) is 5.32 Å². The molecule has 0 radical (unpaired) electrons. The van der Waals surface area contributed by atoms with Gasteiger partial charge in [-0.2, -0.15) is 0 Å². The van der Waals surface area contributed by atoms with Gasteiger partial charge in [-0.25, -0.2) is 0 Å². The van der Waals surface area contributed by atoms with E-state index in [1.165, 1.54) is 0 Å². The number of amides is 1. The van der Waals surface area contributed by atoms with Crippen LogP contribution >= 0.6 is 23.2 Å². The van der Waals surface area contributed by atoms with Gasteiger partial charge in [-0.15, -0.1) is 11.6 Å². The lowest BCUT2D eigenvalue weighted by Gasteiger charge is -2.07. The number of aryl methyl sites for hydroxylation is 1. The van der Waals surface area contributed by atoms with Crippen LogP contribution in [0.25, 0.3) is 0 Å². The highest BCUT2D eigenvalue weighted by molar-refractivity contribution is 6.33. The van der Waals surface area contributed by atoms with Crippen LogP contribution in [0.5, 0.6) is 0 Å². The average molecular weight is 290 g/mol. The van der Waals surface area contributed by atoms with Crippen LogP contribution in [0.1, 0.15) is 22.3 Å². The van der Waals surface area contributed by atoms with Crippen LogP contribution in [-0.4, -0.2) is 31.5 Å². The number of rotatable bonds is 7. The molecule has 18 heavy (non-hydrogen) atoms. The second kappa shape index (κ2) is 8.35. The lowest BCUT2D eigenvalue weighted by molar-refractivity contribution is 0.0944. The molecule has 0 heterocycles. The number of ether oxygens (including phenoxy) is 1. The fourth-order valence-electron chi connectivity index (χ4n) is 1.43. The molecule has 1 N–H and O–H groups in total. The third-order valence-electron chi connectivity index (χ3n) is 2.34. The second-order valence-electron chi connectivity index (χ2n) is 3.89. The largest absolute Gasteiger partial charge is 0.380 e. The van der Waals surface area contributed by atoms with Crippen LogP contribution in [0.3, 0.4) is 0 Å². The third-order valence-corrected chi connectivity index (χ3v) is 2.81. The van der Waals surface area contributed by atoms with Crippen molar-refractivity contribution in [1.29, 1.82) is 0 Å². The first kappa shape index (κ1) is 15.3. The molecule has 1 rings (SSSR count). The van der Waals surface area contributed by atoms with Gasteiger partial charge in [0.15, 0.2) is 0 Å². The topological polar surface area (TPSA) is 38.3 Å². The van der Waals surface area contributed by atoms with Crippen LogP contribution in [0.15, 0.2) is 18.2 Å². The van der Waals surface area contributed by atoms with E-state index in [0.29, 0.717) is 36.2 Å². The number of nitrogens with one attached hydrogen (secondary N) is 1. The first-order valence-corrected chi connectivity index (χ1v) is 6.74. The van der Waals surface area contributed by atoms with E-state index >= 15 is 0 Å². The molecule has 1 amide bonds. The molecule has 0 saturated heterocycles. The van der Waals surface area contributed by atoms with E-state index in [1.54, 1.807) is 12.1 Å². The maximum atomic E-state index is 11.8. The summed E-state index contributed by atoms with van der Waals surface area (Å²) in [6.45, 7) is 3.63. The summed E-state index contributed by atoms with van der Waals surface area (Å²) in [5, 5.41) is 3.28. The third kappa shape index (κ3) is 5.25. The summed E-state index contributed by atoms with van der Waals surface area (Å²) < 4.78 is 5.20. The van der Waals surface area contributed by atoms with Gasteiger partial charge in [0, 0.05) is 19.0 Å². The zero-order valence-electron chi connectivity index (χ0n) is 10.3. The van der Waals surface area contributed by atoms with Gasteiger partial charge in [0.25, 0.3) is 5.91 Å². The van der Waals surface area contributed by atoms with E-state index in [4.69, 9.17) is 27.9 Å². The first-order chi connectivity index (χ1) is 8.65. The van der Waals surface area contributed by atoms with Crippen LogP contribution in [0.2, 0.25) is 5.02 Å². The van der Waals surface area contributed by atoms with E-state index in [0.717, 1.165) is 12.0 Å². The minimum Gasteiger partial charge on any atom is -0.380 e. The van der Waals surface area contributed by atoms with Gasteiger partial charge in [-0.3, -0.25) is 4.79 Å². The van der Waals surface area contributed by atoms with E-state index in [-0.39, 0.29) is 5.91 Å². The molecule has 0 saturated carbocycles. The van der Waals surface area contributed by atoms with Crippen molar-refractivity contribution in [3.63, 3.8) is 0 Å². The number of carbonyl (C=O) groups excluding carboxylic acids is 1. The fourth-order valence-corrected chi connectivity index (χ4v) is 1.86. The molecule has 0 aliphatic heterocycles. The van der Waals surface area contributed by atoms with Crippen molar-refractivity contribution >= 4 is 29.1 Å². The molecule has 100 valence electrons. The number of carbonyl (C=O) groups is 1. The Morgan fingerprint density at radius 1 is 1.39 bits per heavy atom. The lowest BCUT2D eigenvalue weighted by Crippen LogP contribution is -2.25. The molecule has 1 aromatic rings. The second-order valence-corrected chi connectivity index (χ2v) is 4.68. The lowest BCUT2D eigenvalue weighted by atomic mass is 10.1. The minimum atomic E-state index is -0.155. The van der Waals surface area contributed by atoms with Crippen molar-refractivity contribution in [2.75, 3.05) is 25.6 Å². The number of hydrogen-bond donors (Lipinski definition) is 1. The van der Waals surface area contributed by atoms with Gasteiger partial charge in [0.05, 0.1) is 17.2 Å². The molecule has 1 aromatic carbocycles. The Morgan fingerprint density at radius 3 is 2.83 bits per heavy atom. The van der Waals surface area contributed by atoms with Gasteiger partial charge in [-0.05, 0) is 31.0 Å². The SMILES string of the molecule is Cc1ccc(C(=O)NCCCOCCCl)c(Cl)c1. The van der Waals surface area contributed by atoms with Crippen molar-refractivity contribution < 1.29 is 9.53 Å². The highest BCUT2D eigenvalue weighted by atomic mass is 35.5. The Labute approximate surface area is 117 Å². The highest BCUT2D eigenvalue weighted by Crippen LogP contribution is 2.17. The summed E-state index contributed by atoms with van der Waals surface area (Å²) in [7, 11) is 0. The minimum absolute atomic E-state index is 0.155. The molecule has 0 aliphatic rings. The molecule has 0 bridgehead atoms. The smallest absolute Gasteiger partial charge is 0.252 e. The quantitative estimate of drug-likeness (QED) is 0.619. The summed E-state index contributed by atoms with van der Waals surface area (Å²) >= 11 is 11.5. The zero-order valence-corrected chi connectivity index (χ0v) is 11.9. The van der Waals surface area contributed by atoms with Crippen LogP contribution in [0, 0.1) is 6.92 Å². The number of alkyl halides is 1. The van der Waals surface area contributed by atoms with Crippen LogP contribution in [-0.2, 0) is 4.74 Å². The molecule has 5 heteroatoms. The first-order valence-electron chi connectivity index (χ1n) is 5.83. The molecular weight excluding hydrogens is 273 g/mol. The molecule has 0 aromatic heterocycles. The molecule has 0 unspecified atom stereocenters. The van der Waals surface area contributed by atoms with Crippen molar-refractivity contribution in [2.24, 2.45) is 0 Å². The van der Waals surface area contributed by atoms with Gasteiger partial charge in [0.1, 0.15) is 0 Å². The number of benzene rings is 1. The van der Waals surface area contributed by atoms with Crippen molar-refractivity contribution in [3.8, 4) is 0 Å². The molecule has 0 atom stereocenters. The predicted molar refractivity (Wildman–Crippen MR) is 74.7 cm³/mol. The van der Waals surface area contributed by atoms with Crippen LogP contribution < -0.4 is 5.32 Å². The van der Waals surface area contributed by atoms with Crippen molar-refractivity contribution in [3.05, 3.63) is 34.3 Å². The maximum Gasteiger partial charge on any atom is 0.252 e. The molecule has 3 nitrogen and oxygen atoms in total. The zero-order chi connectivity index (χ0) is 13.4. The Morgan fingerprint density at radius 2 is 2.17 bits per heavy atom. The van der Waals surface area contributed by atoms with Gasteiger partial charge >= 0.3 is 0 Å². The summed E-state index contributed by atoms with van der Waals surface area (Å²) in [5.74, 6) is 0.336. The molecule has 0 aliphatic carbocycles. The monoisotopic (exact) mass is 289 g/mol. The molecule has 0 spiro atoms. The number of hydrogen-bond acceptors (Lipinski definition) is 2. The molecule has 0 fully saturated rings. The Balaban J connectivity index is 2.32. The summed E-state index contributed by atoms with van der Waals surface area (Å²) in [4.78, 5) is 11.8. The maximum absolute atomic E-state index is 11.8. The highest BCUT2D eigenvalue weighted by Gasteiger charge is 2.09. The Hall–Kier alpha value is -0.770. The van der Waals surface area contributed by atoms with E-state index < -0.39 is 0 Å². The van der Waals surface area contributed by atoms with E-state index in [9.17, 15) is 4.79 Å². The normalized spacial score (nSPS) is 10.4. The fraction of sp³-hybridized carbons (Fsp3) is 0.462. The molecular formula is C13H17Cl2NO2. The average Bonchev–Trinajstić information content (AvgIpc) is 2.33. The van der Waals surface area contributed by atoms with Crippen LogP contribution in [0.4, 0.5) is 0 Å².